The van der Waals surface area contributed by atoms with Gasteiger partial charge in [-0.15, -0.1) is 0 Å². The maximum absolute atomic E-state index is 4.81. The molecule has 8 heteroatoms. The standard InChI is InChI=1S/C56H46N8/c1-31-12-19-50-45(24-31)46-25-32(2)13-20-51(46)63(50)49-23-17-41(55-59-35(5)57-36(6)60-55)29-44(49)40-11-9-10-39(28-40)43-18-16-42(56-61-37(7)58-38(8)62-56)30-54(43)64-52-21-14-33(3)26-47(52)48-27-34(4)15-22-53(48)64/h9-30H,1-8H3. The molecule has 0 atom stereocenters. The van der Waals surface area contributed by atoms with Crippen LogP contribution in [0.2, 0.25) is 0 Å². The number of hydrogen-bond acceptors (Lipinski definition) is 6. The van der Waals surface area contributed by atoms with Crippen LogP contribution in [0.15, 0.2) is 133 Å². The lowest BCUT2D eigenvalue weighted by atomic mass is 9.94. The Morgan fingerprint density at radius 2 is 0.688 bits per heavy atom. The third-order valence-corrected chi connectivity index (χ3v) is 12.3. The van der Waals surface area contributed by atoms with Gasteiger partial charge in [0, 0.05) is 43.8 Å². The molecule has 0 aliphatic rings. The molecule has 0 aliphatic carbocycles. The number of fused-ring (bicyclic) bond motifs is 6. The summed E-state index contributed by atoms with van der Waals surface area (Å²) < 4.78 is 4.83. The van der Waals surface area contributed by atoms with E-state index in [1.54, 1.807) is 0 Å². The molecule has 7 aromatic carbocycles. The van der Waals surface area contributed by atoms with Gasteiger partial charge in [-0.05, 0) is 145 Å². The number of rotatable bonds is 6. The summed E-state index contributed by atoms with van der Waals surface area (Å²) in [4.78, 5) is 28.2. The van der Waals surface area contributed by atoms with Crippen LogP contribution >= 0.6 is 0 Å². The number of aryl methyl sites for hydroxylation is 8. The van der Waals surface area contributed by atoms with Crippen molar-refractivity contribution in [3.05, 3.63) is 179 Å². The van der Waals surface area contributed by atoms with Gasteiger partial charge in [-0.3, -0.25) is 0 Å². The van der Waals surface area contributed by atoms with Gasteiger partial charge in [0.2, 0.25) is 0 Å². The first kappa shape index (κ1) is 39.0. The summed E-state index contributed by atoms with van der Waals surface area (Å²) in [5, 5.41) is 4.90. The highest BCUT2D eigenvalue weighted by Gasteiger charge is 2.21. The van der Waals surface area contributed by atoms with Crippen LogP contribution in [0.1, 0.15) is 45.6 Å². The second-order valence-electron chi connectivity index (χ2n) is 17.3. The molecule has 8 nitrogen and oxygen atoms in total. The Kier molecular flexibility index (Phi) is 9.10. The fourth-order valence-electron chi connectivity index (χ4n) is 9.57. The fraction of sp³-hybridized carbons (Fsp3) is 0.143. The van der Waals surface area contributed by atoms with Crippen LogP contribution in [0.5, 0.6) is 0 Å². The average Bonchev–Trinajstić information content (AvgIpc) is 3.76. The molecule has 0 bridgehead atoms. The first-order chi connectivity index (χ1) is 30.9. The zero-order valence-electron chi connectivity index (χ0n) is 37.3. The van der Waals surface area contributed by atoms with Gasteiger partial charge < -0.3 is 9.13 Å². The molecule has 11 rings (SSSR count). The van der Waals surface area contributed by atoms with E-state index in [-0.39, 0.29) is 0 Å². The number of benzene rings is 7. The molecule has 310 valence electrons. The lowest BCUT2D eigenvalue weighted by molar-refractivity contribution is 0.928. The Morgan fingerprint density at radius 1 is 0.297 bits per heavy atom. The molecule has 0 amide bonds. The molecule has 4 aromatic heterocycles. The zero-order valence-corrected chi connectivity index (χ0v) is 37.3. The van der Waals surface area contributed by atoms with E-state index in [0.29, 0.717) is 34.9 Å². The Morgan fingerprint density at radius 3 is 1.14 bits per heavy atom. The van der Waals surface area contributed by atoms with Crippen molar-refractivity contribution in [1.82, 2.24) is 39.0 Å². The van der Waals surface area contributed by atoms with Crippen LogP contribution in [0, 0.1) is 55.4 Å². The van der Waals surface area contributed by atoms with Gasteiger partial charge in [0.25, 0.3) is 0 Å². The van der Waals surface area contributed by atoms with E-state index < -0.39 is 0 Å². The molecule has 0 unspecified atom stereocenters. The fourth-order valence-corrected chi connectivity index (χ4v) is 9.57. The van der Waals surface area contributed by atoms with Crippen molar-refractivity contribution in [3.8, 4) is 56.4 Å². The van der Waals surface area contributed by atoms with Crippen molar-refractivity contribution >= 4 is 43.6 Å². The van der Waals surface area contributed by atoms with Crippen molar-refractivity contribution in [1.29, 1.82) is 0 Å². The van der Waals surface area contributed by atoms with E-state index in [1.807, 2.05) is 27.7 Å². The summed E-state index contributed by atoms with van der Waals surface area (Å²) in [7, 11) is 0. The van der Waals surface area contributed by atoms with Gasteiger partial charge in [-0.25, -0.2) is 29.9 Å². The normalized spacial score (nSPS) is 11.8. The van der Waals surface area contributed by atoms with Gasteiger partial charge >= 0.3 is 0 Å². The van der Waals surface area contributed by atoms with Gasteiger partial charge in [-0.1, -0.05) is 76.9 Å². The summed E-state index contributed by atoms with van der Waals surface area (Å²) in [5.74, 6) is 4.08. The Bertz CT molecular complexity index is 3560. The van der Waals surface area contributed by atoms with Gasteiger partial charge in [0.05, 0.1) is 33.4 Å². The van der Waals surface area contributed by atoms with Crippen LogP contribution < -0.4 is 0 Å². The summed E-state index contributed by atoms with van der Waals surface area (Å²) in [6, 6.07) is 49.2. The van der Waals surface area contributed by atoms with Crippen LogP contribution in [0.4, 0.5) is 0 Å². The monoisotopic (exact) mass is 830 g/mol. The minimum atomic E-state index is 0.654. The molecule has 4 heterocycles. The van der Waals surface area contributed by atoms with E-state index in [4.69, 9.17) is 19.9 Å². The molecule has 0 radical (unpaired) electrons. The van der Waals surface area contributed by atoms with Crippen molar-refractivity contribution < 1.29 is 0 Å². The van der Waals surface area contributed by atoms with Crippen molar-refractivity contribution in [3.63, 3.8) is 0 Å². The molecule has 11 aromatic rings. The van der Waals surface area contributed by atoms with Gasteiger partial charge in [0.1, 0.15) is 23.3 Å². The third kappa shape index (κ3) is 6.61. The average molecular weight is 831 g/mol. The van der Waals surface area contributed by atoms with Crippen LogP contribution in [0.25, 0.3) is 100 Å². The molecule has 0 saturated heterocycles. The minimum Gasteiger partial charge on any atom is -0.309 e. The summed E-state index contributed by atoms with van der Waals surface area (Å²) in [6.07, 6.45) is 0. The van der Waals surface area contributed by atoms with E-state index in [0.717, 1.165) is 66.8 Å². The molecule has 0 spiro atoms. The van der Waals surface area contributed by atoms with E-state index in [9.17, 15) is 0 Å². The lowest BCUT2D eigenvalue weighted by Gasteiger charge is -2.18. The molecule has 0 saturated carbocycles. The van der Waals surface area contributed by atoms with Gasteiger partial charge in [0.15, 0.2) is 11.6 Å². The second-order valence-corrected chi connectivity index (χ2v) is 17.3. The molecule has 64 heavy (non-hydrogen) atoms. The first-order valence-electron chi connectivity index (χ1n) is 21.8. The van der Waals surface area contributed by atoms with Crippen LogP contribution in [-0.2, 0) is 0 Å². The van der Waals surface area contributed by atoms with Crippen molar-refractivity contribution in [2.75, 3.05) is 0 Å². The maximum atomic E-state index is 4.81. The molecule has 0 N–H and O–H groups in total. The predicted octanol–water partition coefficient (Wildman–Crippen LogP) is 13.4. The molecular weight excluding hydrogens is 785 g/mol. The number of aromatic nitrogens is 8. The van der Waals surface area contributed by atoms with Crippen LogP contribution in [0.3, 0.4) is 0 Å². The smallest absolute Gasteiger partial charge is 0.163 e. The number of nitrogens with zero attached hydrogens (tertiary/aromatic N) is 8. The van der Waals surface area contributed by atoms with Crippen molar-refractivity contribution in [2.45, 2.75) is 55.4 Å². The highest BCUT2D eigenvalue weighted by Crippen LogP contribution is 2.42. The Labute approximate surface area is 372 Å². The van der Waals surface area contributed by atoms with E-state index >= 15 is 0 Å². The topological polar surface area (TPSA) is 87.2 Å². The first-order valence-corrected chi connectivity index (χ1v) is 21.8. The lowest BCUT2D eigenvalue weighted by Crippen LogP contribution is -2.02. The summed E-state index contributed by atoms with van der Waals surface area (Å²) in [6.45, 7) is 16.3. The Hall–Kier alpha value is -7.84. The summed E-state index contributed by atoms with van der Waals surface area (Å²) in [5.41, 5.74) is 17.7. The molecule has 0 fully saturated rings. The SMILES string of the molecule is Cc1ccc2c(c1)c1cc(C)ccc1n2-c1ccc(-c2nc(C)nc(C)n2)cc1-c1cccc(-c2ccc(-c3nc(C)nc(C)n3)cc2-n2c3ccc(C)cc3c3cc(C)ccc32)c1. The largest absolute Gasteiger partial charge is 0.309 e. The summed E-state index contributed by atoms with van der Waals surface area (Å²) >= 11 is 0. The maximum Gasteiger partial charge on any atom is 0.163 e. The highest BCUT2D eigenvalue weighted by molar-refractivity contribution is 6.11. The van der Waals surface area contributed by atoms with E-state index in [2.05, 4.69) is 180 Å². The quantitative estimate of drug-likeness (QED) is 0.166. The third-order valence-electron chi connectivity index (χ3n) is 12.3. The van der Waals surface area contributed by atoms with Gasteiger partial charge in [-0.2, -0.15) is 0 Å². The molecular formula is C56H46N8. The van der Waals surface area contributed by atoms with Crippen LogP contribution in [-0.4, -0.2) is 39.0 Å². The Balaban J connectivity index is 1.19. The minimum absolute atomic E-state index is 0.654. The highest BCUT2D eigenvalue weighted by atomic mass is 15.0. The predicted molar refractivity (Wildman–Crippen MR) is 262 cm³/mol. The van der Waals surface area contributed by atoms with E-state index in [1.165, 1.54) is 43.8 Å². The second kappa shape index (κ2) is 14.9. The van der Waals surface area contributed by atoms with Crippen molar-refractivity contribution in [2.24, 2.45) is 0 Å². The molecule has 0 aliphatic heterocycles. The number of hydrogen-bond donors (Lipinski definition) is 0. The zero-order chi connectivity index (χ0) is 44.0.